The third-order valence-corrected chi connectivity index (χ3v) is 4.47. The number of rotatable bonds is 5. The molecule has 1 aromatic heterocycles. The van der Waals surface area contributed by atoms with E-state index in [2.05, 4.69) is 16.0 Å². The molecule has 1 heterocycles. The maximum Gasteiger partial charge on any atom is 0.319 e. The predicted octanol–water partition coefficient (Wildman–Crippen LogP) is 3.15. The normalized spacial score (nSPS) is 13.1. The van der Waals surface area contributed by atoms with Crippen molar-refractivity contribution in [2.24, 2.45) is 0 Å². The first-order chi connectivity index (χ1) is 14.0. The fourth-order valence-electron chi connectivity index (χ4n) is 2.85. The van der Waals surface area contributed by atoms with Crippen LogP contribution in [0, 0.1) is 5.82 Å². The van der Waals surface area contributed by atoms with Gasteiger partial charge in [-0.15, -0.1) is 0 Å². The number of carbonyl (C=O) groups excluding carboxylic acids is 2. The Labute approximate surface area is 164 Å². The van der Waals surface area contributed by atoms with Crippen molar-refractivity contribution in [2.75, 3.05) is 5.32 Å². The highest BCUT2D eigenvalue weighted by molar-refractivity contribution is 5.93. The standard InChI is InChI=1S/C21H18FN3O4/c22-13-4-7-16-17(26)10-19(29-18(16)9-13)20(27)23-11-12-2-1-3-15(8-12)25-21(28)24-14-5-6-14/h1-4,7-10,14H,5-6,11H2,(H,23,27)(H2,24,25,28). The molecule has 0 saturated heterocycles. The van der Waals surface area contributed by atoms with Gasteiger partial charge in [0.2, 0.25) is 0 Å². The van der Waals surface area contributed by atoms with Gasteiger partial charge < -0.3 is 20.4 Å². The average molecular weight is 395 g/mol. The summed E-state index contributed by atoms with van der Waals surface area (Å²) in [5.41, 5.74) is 0.930. The number of hydrogen-bond donors (Lipinski definition) is 3. The molecule has 2 aromatic carbocycles. The lowest BCUT2D eigenvalue weighted by molar-refractivity contribution is 0.0923. The van der Waals surface area contributed by atoms with Crippen molar-refractivity contribution in [2.45, 2.75) is 25.4 Å². The Morgan fingerprint density at radius 1 is 1.10 bits per heavy atom. The van der Waals surface area contributed by atoms with Crippen LogP contribution >= 0.6 is 0 Å². The first kappa shape index (κ1) is 18.7. The number of carbonyl (C=O) groups is 2. The Balaban J connectivity index is 1.43. The molecule has 4 rings (SSSR count). The van der Waals surface area contributed by atoms with Crippen molar-refractivity contribution in [3.63, 3.8) is 0 Å². The van der Waals surface area contributed by atoms with E-state index in [4.69, 9.17) is 4.42 Å². The Morgan fingerprint density at radius 2 is 1.93 bits per heavy atom. The summed E-state index contributed by atoms with van der Waals surface area (Å²) in [6, 6.07) is 11.6. The van der Waals surface area contributed by atoms with Gasteiger partial charge in [0.15, 0.2) is 11.2 Å². The van der Waals surface area contributed by atoms with Gasteiger partial charge in [0.1, 0.15) is 11.4 Å². The predicted molar refractivity (Wildman–Crippen MR) is 105 cm³/mol. The van der Waals surface area contributed by atoms with Crippen molar-refractivity contribution >= 4 is 28.6 Å². The molecule has 3 N–H and O–H groups in total. The van der Waals surface area contributed by atoms with Crippen molar-refractivity contribution in [3.05, 3.63) is 75.9 Å². The minimum Gasteiger partial charge on any atom is -0.451 e. The van der Waals surface area contributed by atoms with Crippen LogP contribution in [0.1, 0.15) is 29.0 Å². The number of fused-ring (bicyclic) bond motifs is 1. The maximum absolute atomic E-state index is 13.4. The van der Waals surface area contributed by atoms with Crippen LogP contribution in [0.2, 0.25) is 0 Å². The quantitative estimate of drug-likeness (QED) is 0.618. The van der Waals surface area contributed by atoms with E-state index in [1.807, 2.05) is 0 Å². The SMILES string of the molecule is O=C(Nc1cccc(CNC(=O)c2cc(=O)c3ccc(F)cc3o2)c1)NC1CC1. The van der Waals surface area contributed by atoms with Gasteiger partial charge in [-0.3, -0.25) is 9.59 Å². The Morgan fingerprint density at radius 3 is 2.72 bits per heavy atom. The van der Waals surface area contributed by atoms with Crippen LogP contribution < -0.4 is 21.4 Å². The molecule has 0 atom stereocenters. The number of nitrogens with one attached hydrogen (secondary N) is 3. The van der Waals surface area contributed by atoms with Gasteiger partial charge in [-0.1, -0.05) is 12.1 Å². The average Bonchev–Trinajstić information content (AvgIpc) is 3.49. The first-order valence-electron chi connectivity index (χ1n) is 9.16. The van der Waals surface area contributed by atoms with E-state index in [1.165, 1.54) is 6.07 Å². The lowest BCUT2D eigenvalue weighted by Gasteiger charge is -2.09. The van der Waals surface area contributed by atoms with Crippen LogP contribution in [-0.4, -0.2) is 18.0 Å². The van der Waals surface area contributed by atoms with E-state index < -0.39 is 17.2 Å². The number of benzene rings is 2. The summed E-state index contributed by atoms with van der Waals surface area (Å²) in [6.07, 6.45) is 1.99. The highest BCUT2D eigenvalue weighted by Gasteiger charge is 2.23. The number of hydrogen-bond acceptors (Lipinski definition) is 4. The molecular formula is C21H18FN3O4. The number of anilines is 1. The summed E-state index contributed by atoms with van der Waals surface area (Å²) >= 11 is 0. The molecule has 1 fully saturated rings. The van der Waals surface area contributed by atoms with Gasteiger partial charge in [-0.25, -0.2) is 9.18 Å². The summed E-state index contributed by atoms with van der Waals surface area (Å²) in [5, 5.41) is 8.43. The highest BCUT2D eigenvalue weighted by atomic mass is 19.1. The summed E-state index contributed by atoms with van der Waals surface area (Å²) in [4.78, 5) is 36.3. The Kier molecular flexibility index (Phi) is 4.99. The minimum absolute atomic E-state index is 0.00974. The Bertz CT molecular complexity index is 1150. The molecule has 1 aliphatic carbocycles. The molecule has 3 aromatic rings. The van der Waals surface area contributed by atoms with Gasteiger partial charge in [-0.2, -0.15) is 0 Å². The fraction of sp³-hybridized carbons (Fsp3) is 0.190. The minimum atomic E-state index is -0.599. The van der Waals surface area contributed by atoms with Gasteiger partial charge in [0.05, 0.1) is 5.39 Å². The maximum atomic E-state index is 13.4. The zero-order chi connectivity index (χ0) is 20.4. The third kappa shape index (κ3) is 4.60. The van der Waals surface area contributed by atoms with Crippen molar-refractivity contribution in [3.8, 4) is 0 Å². The third-order valence-electron chi connectivity index (χ3n) is 4.47. The summed E-state index contributed by atoms with van der Waals surface area (Å²) in [6.45, 7) is 0.156. The molecule has 1 aliphatic rings. The zero-order valence-electron chi connectivity index (χ0n) is 15.3. The van der Waals surface area contributed by atoms with Crippen molar-refractivity contribution in [1.82, 2.24) is 10.6 Å². The molecule has 0 radical (unpaired) electrons. The van der Waals surface area contributed by atoms with Crippen LogP contribution in [0.4, 0.5) is 14.9 Å². The highest BCUT2D eigenvalue weighted by Crippen LogP contribution is 2.19. The zero-order valence-corrected chi connectivity index (χ0v) is 15.3. The second-order valence-electron chi connectivity index (χ2n) is 6.87. The molecule has 3 amide bonds. The van der Waals surface area contributed by atoms with E-state index in [0.29, 0.717) is 5.69 Å². The molecule has 0 aliphatic heterocycles. The largest absolute Gasteiger partial charge is 0.451 e. The van der Waals surface area contributed by atoms with E-state index in [1.54, 1.807) is 24.3 Å². The van der Waals surface area contributed by atoms with E-state index >= 15 is 0 Å². The molecule has 8 heteroatoms. The smallest absolute Gasteiger partial charge is 0.319 e. The summed E-state index contributed by atoms with van der Waals surface area (Å²) < 4.78 is 18.8. The van der Waals surface area contributed by atoms with Crippen LogP contribution in [0.25, 0.3) is 11.0 Å². The van der Waals surface area contributed by atoms with Gasteiger partial charge >= 0.3 is 6.03 Å². The first-order valence-corrected chi connectivity index (χ1v) is 9.16. The fourth-order valence-corrected chi connectivity index (χ4v) is 2.85. The van der Waals surface area contributed by atoms with E-state index in [-0.39, 0.29) is 35.3 Å². The molecule has 0 bridgehead atoms. The summed E-state index contributed by atoms with van der Waals surface area (Å²) in [5.74, 6) is -1.36. The molecule has 148 valence electrons. The van der Waals surface area contributed by atoms with Crippen LogP contribution in [0.15, 0.2) is 57.7 Å². The van der Waals surface area contributed by atoms with Crippen LogP contribution in [-0.2, 0) is 6.54 Å². The monoisotopic (exact) mass is 395 g/mol. The lowest BCUT2D eigenvalue weighted by atomic mass is 10.2. The van der Waals surface area contributed by atoms with E-state index in [0.717, 1.165) is 36.6 Å². The molecule has 1 saturated carbocycles. The number of amides is 3. The summed E-state index contributed by atoms with van der Waals surface area (Å²) in [7, 11) is 0. The molecule has 7 nitrogen and oxygen atoms in total. The van der Waals surface area contributed by atoms with Gasteiger partial charge in [0.25, 0.3) is 5.91 Å². The molecule has 0 spiro atoms. The van der Waals surface area contributed by atoms with Crippen molar-refractivity contribution in [1.29, 1.82) is 0 Å². The van der Waals surface area contributed by atoms with Gasteiger partial charge in [-0.05, 0) is 42.7 Å². The number of halogens is 1. The molecule has 29 heavy (non-hydrogen) atoms. The van der Waals surface area contributed by atoms with E-state index in [9.17, 15) is 18.8 Å². The topological polar surface area (TPSA) is 100 Å². The van der Waals surface area contributed by atoms with Crippen molar-refractivity contribution < 1.29 is 18.4 Å². The second kappa shape index (κ2) is 7.75. The lowest BCUT2D eigenvalue weighted by Crippen LogP contribution is -2.30. The Hall–Kier alpha value is -3.68. The molecular weight excluding hydrogens is 377 g/mol. The van der Waals surface area contributed by atoms with Gasteiger partial charge in [0, 0.05) is 30.4 Å². The van der Waals surface area contributed by atoms with Crippen LogP contribution in [0.3, 0.4) is 0 Å². The second-order valence-corrected chi connectivity index (χ2v) is 6.87. The molecule has 0 unspecified atom stereocenters. The van der Waals surface area contributed by atoms with Crippen LogP contribution in [0.5, 0.6) is 0 Å². The number of urea groups is 1.